The van der Waals surface area contributed by atoms with E-state index in [0.717, 1.165) is 6.07 Å². The summed E-state index contributed by atoms with van der Waals surface area (Å²) in [5, 5.41) is 17.6. The van der Waals surface area contributed by atoms with Gasteiger partial charge in [0.1, 0.15) is 5.75 Å². The van der Waals surface area contributed by atoms with Crippen molar-refractivity contribution < 1.29 is 24.5 Å². The van der Waals surface area contributed by atoms with Crippen molar-refractivity contribution in [3.63, 3.8) is 0 Å². The molecule has 0 aliphatic heterocycles. The smallest absolute Gasteiger partial charge is 0.335 e. The van der Waals surface area contributed by atoms with Gasteiger partial charge in [0.15, 0.2) is 0 Å². The van der Waals surface area contributed by atoms with Crippen LogP contribution in [0.2, 0.25) is 0 Å². The van der Waals surface area contributed by atoms with Gasteiger partial charge in [0.05, 0.1) is 17.2 Å². The van der Waals surface area contributed by atoms with Gasteiger partial charge in [-0.05, 0) is 32.0 Å². The van der Waals surface area contributed by atoms with Crippen molar-refractivity contribution in [2.45, 2.75) is 20.0 Å². The zero-order chi connectivity index (χ0) is 12.3. The lowest BCUT2D eigenvalue weighted by molar-refractivity contribution is 0.0696. The molecule has 1 aromatic rings. The second-order valence-corrected chi connectivity index (χ2v) is 3.52. The molecular weight excluding hydrogens is 212 g/mol. The summed E-state index contributed by atoms with van der Waals surface area (Å²) in [5.41, 5.74) is -0.203. The summed E-state index contributed by atoms with van der Waals surface area (Å²) in [6, 6.07) is 3.70. The molecule has 86 valence electrons. The van der Waals surface area contributed by atoms with Crippen LogP contribution in [-0.2, 0) is 0 Å². The van der Waals surface area contributed by atoms with E-state index in [-0.39, 0.29) is 23.0 Å². The molecule has 0 spiro atoms. The van der Waals surface area contributed by atoms with Gasteiger partial charge in [-0.1, -0.05) is 0 Å². The number of hydrogen-bond acceptors (Lipinski definition) is 3. The number of rotatable bonds is 4. The zero-order valence-electron chi connectivity index (χ0n) is 8.93. The number of hydrogen-bond donors (Lipinski definition) is 2. The summed E-state index contributed by atoms with van der Waals surface area (Å²) in [5.74, 6) is -2.12. The minimum atomic E-state index is -1.18. The molecule has 1 rings (SSSR count). The molecule has 0 fully saturated rings. The van der Waals surface area contributed by atoms with Crippen molar-refractivity contribution in [2.24, 2.45) is 0 Å². The van der Waals surface area contributed by atoms with Gasteiger partial charge in [0, 0.05) is 0 Å². The van der Waals surface area contributed by atoms with Crippen molar-refractivity contribution in [3.05, 3.63) is 29.3 Å². The molecule has 0 aliphatic rings. The van der Waals surface area contributed by atoms with Crippen LogP contribution in [0.4, 0.5) is 0 Å². The minimum absolute atomic E-state index is 0.101. The Bertz CT molecular complexity index is 390. The van der Waals surface area contributed by atoms with Crippen LogP contribution in [0.1, 0.15) is 34.6 Å². The Morgan fingerprint density at radius 2 is 1.50 bits per heavy atom. The summed E-state index contributed by atoms with van der Waals surface area (Å²) >= 11 is 0. The highest BCUT2D eigenvalue weighted by Crippen LogP contribution is 2.18. The lowest BCUT2D eigenvalue weighted by Crippen LogP contribution is -2.08. The van der Waals surface area contributed by atoms with Crippen LogP contribution in [0.5, 0.6) is 5.75 Å². The van der Waals surface area contributed by atoms with Crippen LogP contribution in [0.15, 0.2) is 18.2 Å². The predicted octanol–water partition coefficient (Wildman–Crippen LogP) is 1.87. The Morgan fingerprint density at radius 3 is 1.81 bits per heavy atom. The Morgan fingerprint density at radius 1 is 1.06 bits per heavy atom. The second kappa shape index (κ2) is 4.65. The Labute approximate surface area is 92.3 Å². The highest BCUT2D eigenvalue weighted by Gasteiger charge is 2.12. The van der Waals surface area contributed by atoms with Crippen molar-refractivity contribution in [1.82, 2.24) is 0 Å². The number of ether oxygens (including phenoxy) is 1. The third-order valence-electron chi connectivity index (χ3n) is 1.77. The van der Waals surface area contributed by atoms with Crippen LogP contribution < -0.4 is 4.74 Å². The van der Waals surface area contributed by atoms with Gasteiger partial charge in [-0.2, -0.15) is 0 Å². The normalized spacial score (nSPS) is 10.2. The number of aromatic carboxylic acids is 2. The van der Waals surface area contributed by atoms with Crippen molar-refractivity contribution in [1.29, 1.82) is 0 Å². The monoisotopic (exact) mass is 224 g/mol. The Balaban J connectivity index is 3.18. The lowest BCUT2D eigenvalue weighted by Gasteiger charge is -2.11. The van der Waals surface area contributed by atoms with E-state index in [2.05, 4.69) is 0 Å². The molecule has 0 heterocycles. The fourth-order valence-corrected chi connectivity index (χ4v) is 1.19. The predicted molar refractivity (Wildman–Crippen MR) is 56.1 cm³/mol. The number of carboxylic acid groups (broad SMARTS) is 2. The average molecular weight is 224 g/mol. The molecule has 1 aromatic carbocycles. The highest BCUT2D eigenvalue weighted by atomic mass is 16.5. The molecule has 0 atom stereocenters. The third-order valence-corrected chi connectivity index (χ3v) is 1.77. The van der Waals surface area contributed by atoms with E-state index in [1.54, 1.807) is 13.8 Å². The topological polar surface area (TPSA) is 83.8 Å². The molecule has 0 aromatic heterocycles. The number of carboxylic acids is 2. The summed E-state index contributed by atoms with van der Waals surface area (Å²) < 4.78 is 5.27. The van der Waals surface area contributed by atoms with Gasteiger partial charge < -0.3 is 14.9 Å². The van der Waals surface area contributed by atoms with Gasteiger partial charge in [-0.25, -0.2) is 9.59 Å². The first-order chi connectivity index (χ1) is 7.40. The van der Waals surface area contributed by atoms with E-state index >= 15 is 0 Å². The molecule has 5 nitrogen and oxygen atoms in total. The molecule has 16 heavy (non-hydrogen) atoms. The van der Waals surface area contributed by atoms with Gasteiger partial charge in [0.25, 0.3) is 0 Å². The van der Waals surface area contributed by atoms with Gasteiger partial charge in [-0.3, -0.25) is 0 Å². The molecule has 5 heteroatoms. The maximum Gasteiger partial charge on any atom is 0.335 e. The fourth-order valence-electron chi connectivity index (χ4n) is 1.19. The summed E-state index contributed by atoms with van der Waals surface area (Å²) in [4.78, 5) is 21.5. The minimum Gasteiger partial charge on any atom is -0.491 e. The van der Waals surface area contributed by atoms with Crippen LogP contribution in [0, 0.1) is 0 Å². The molecule has 0 amide bonds. The van der Waals surface area contributed by atoms with Crippen LogP contribution in [-0.4, -0.2) is 28.3 Å². The van der Waals surface area contributed by atoms with Crippen LogP contribution in [0.3, 0.4) is 0 Å². The largest absolute Gasteiger partial charge is 0.491 e. The summed E-state index contributed by atoms with van der Waals surface area (Å²) in [6.07, 6.45) is -0.148. The average Bonchev–Trinajstić information content (AvgIpc) is 2.15. The Kier molecular flexibility index (Phi) is 3.50. The van der Waals surface area contributed by atoms with E-state index in [9.17, 15) is 9.59 Å². The first-order valence-electron chi connectivity index (χ1n) is 4.68. The van der Waals surface area contributed by atoms with Crippen molar-refractivity contribution >= 4 is 11.9 Å². The number of carbonyl (C=O) groups is 2. The van der Waals surface area contributed by atoms with E-state index in [0.29, 0.717) is 0 Å². The molecule has 0 unspecified atom stereocenters. The SMILES string of the molecule is CC(C)Oc1cc(C(=O)O)cc(C(=O)O)c1. The van der Waals surface area contributed by atoms with Crippen molar-refractivity contribution in [3.8, 4) is 5.75 Å². The van der Waals surface area contributed by atoms with E-state index in [4.69, 9.17) is 14.9 Å². The van der Waals surface area contributed by atoms with E-state index in [1.807, 2.05) is 0 Å². The van der Waals surface area contributed by atoms with Crippen LogP contribution >= 0.6 is 0 Å². The quantitative estimate of drug-likeness (QED) is 0.815. The molecule has 2 N–H and O–H groups in total. The first-order valence-corrected chi connectivity index (χ1v) is 4.68. The molecule has 0 bridgehead atoms. The maximum absolute atomic E-state index is 10.8. The Hall–Kier alpha value is -2.04. The number of benzene rings is 1. The highest BCUT2D eigenvalue weighted by molar-refractivity contribution is 5.94. The molecular formula is C11H12O5. The first kappa shape index (κ1) is 12.0. The van der Waals surface area contributed by atoms with E-state index < -0.39 is 11.9 Å². The molecule has 0 saturated carbocycles. The van der Waals surface area contributed by atoms with Gasteiger partial charge in [-0.15, -0.1) is 0 Å². The lowest BCUT2D eigenvalue weighted by atomic mass is 10.1. The zero-order valence-corrected chi connectivity index (χ0v) is 8.93. The second-order valence-electron chi connectivity index (χ2n) is 3.52. The molecule has 0 radical (unpaired) electrons. The molecule has 0 aliphatic carbocycles. The summed E-state index contributed by atoms with van der Waals surface area (Å²) in [6.45, 7) is 3.54. The summed E-state index contributed by atoms with van der Waals surface area (Å²) in [7, 11) is 0. The van der Waals surface area contributed by atoms with Crippen LogP contribution in [0.25, 0.3) is 0 Å². The van der Waals surface area contributed by atoms with Crippen molar-refractivity contribution in [2.75, 3.05) is 0 Å². The van der Waals surface area contributed by atoms with Gasteiger partial charge in [0.2, 0.25) is 0 Å². The fraction of sp³-hybridized carbons (Fsp3) is 0.273. The maximum atomic E-state index is 10.8. The molecule has 0 saturated heterocycles. The third kappa shape index (κ3) is 2.98. The van der Waals surface area contributed by atoms with E-state index in [1.165, 1.54) is 12.1 Å². The standard InChI is InChI=1S/C11H12O5/c1-6(2)16-9-4-7(10(12)13)3-8(5-9)11(14)15/h3-6H,1-2H3,(H,12,13)(H,14,15). The van der Waals surface area contributed by atoms with Gasteiger partial charge >= 0.3 is 11.9 Å².